The largest absolute Gasteiger partial charge is 0.306 e. The van der Waals surface area contributed by atoms with E-state index < -0.39 is 0 Å². The van der Waals surface area contributed by atoms with Crippen molar-refractivity contribution in [2.75, 3.05) is 5.75 Å². The van der Waals surface area contributed by atoms with E-state index in [4.69, 9.17) is 0 Å². The highest BCUT2D eigenvalue weighted by molar-refractivity contribution is 7.99. The summed E-state index contributed by atoms with van der Waals surface area (Å²) in [7, 11) is 0. The molecule has 19 heavy (non-hydrogen) atoms. The Balaban J connectivity index is 1.75. The van der Waals surface area contributed by atoms with Gasteiger partial charge >= 0.3 is 0 Å². The standard InChI is InChI=1S/C16H16FNS/c17-14-8-4-7-13-15(9-10-19-16(13)14)18-11-12-5-2-1-3-6-12/h1-8,15,18H,9-11H2. The van der Waals surface area contributed by atoms with E-state index in [1.54, 1.807) is 23.9 Å². The van der Waals surface area contributed by atoms with Crippen LogP contribution in [0.15, 0.2) is 53.4 Å². The molecule has 1 N–H and O–H groups in total. The molecule has 1 atom stereocenters. The van der Waals surface area contributed by atoms with Crippen LogP contribution in [-0.2, 0) is 6.54 Å². The van der Waals surface area contributed by atoms with Crippen molar-refractivity contribution in [3.63, 3.8) is 0 Å². The summed E-state index contributed by atoms with van der Waals surface area (Å²) in [6, 6.07) is 16.0. The molecular formula is C16H16FNS. The van der Waals surface area contributed by atoms with Crippen LogP contribution in [0.1, 0.15) is 23.6 Å². The summed E-state index contributed by atoms with van der Waals surface area (Å²) >= 11 is 1.63. The Hall–Kier alpha value is -1.32. The highest BCUT2D eigenvalue weighted by Gasteiger charge is 2.22. The highest BCUT2D eigenvalue weighted by Crippen LogP contribution is 2.37. The minimum Gasteiger partial charge on any atom is -0.306 e. The molecule has 1 aliphatic heterocycles. The van der Waals surface area contributed by atoms with Gasteiger partial charge in [-0.2, -0.15) is 0 Å². The molecule has 1 nitrogen and oxygen atoms in total. The van der Waals surface area contributed by atoms with Gasteiger partial charge in [-0.1, -0.05) is 42.5 Å². The average Bonchev–Trinajstić information content (AvgIpc) is 2.47. The summed E-state index contributed by atoms with van der Waals surface area (Å²) in [6.45, 7) is 0.826. The number of nitrogens with one attached hydrogen (secondary N) is 1. The molecule has 1 heterocycles. The first-order valence-electron chi connectivity index (χ1n) is 6.53. The summed E-state index contributed by atoms with van der Waals surface area (Å²) in [5.41, 5.74) is 2.37. The predicted molar refractivity (Wildman–Crippen MR) is 77.8 cm³/mol. The van der Waals surface area contributed by atoms with Gasteiger partial charge in [-0.15, -0.1) is 11.8 Å². The summed E-state index contributed by atoms with van der Waals surface area (Å²) in [6.07, 6.45) is 1.05. The Morgan fingerprint density at radius 2 is 1.95 bits per heavy atom. The van der Waals surface area contributed by atoms with Crippen LogP contribution in [0.25, 0.3) is 0 Å². The van der Waals surface area contributed by atoms with E-state index >= 15 is 0 Å². The molecule has 0 saturated heterocycles. The Bertz CT molecular complexity index is 556. The second-order valence-electron chi connectivity index (χ2n) is 4.71. The van der Waals surface area contributed by atoms with Crippen molar-refractivity contribution in [2.24, 2.45) is 0 Å². The summed E-state index contributed by atoms with van der Waals surface area (Å²) in [4.78, 5) is 0.819. The third kappa shape index (κ3) is 2.82. The molecule has 3 rings (SSSR count). The first kappa shape index (κ1) is 12.7. The first-order chi connectivity index (χ1) is 9.34. The third-order valence-corrected chi connectivity index (χ3v) is 4.58. The molecule has 0 aromatic heterocycles. The predicted octanol–water partition coefficient (Wildman–Crippen LogP) is 4.15. The topological polar surface area (TPSA) is 12.0 Å². The van der Waals surface area contributed by atoms with E-state index in [9.17, 15) is 4.39 Å². The number of halogens is 1. The Labute approximate surface area is 117 Å². The van der Waals surface area contributed by atoms with Crippen LogP contribution in [0.5, 0.6) is 0 Å². The number of fused-ring (bicyclic) bond motifs is 1. The van der Waals surface area contributed by atoms with Gasteiger partial charge in [-0.3, -0.25) is 0 Å². The first-order valence-corrected chi connectivity index (χ1v) is 7.51. The van der Waals surface area contributed by atoms with Gasteiger partial charge in [-0.25, -0.2) is 4.39 Å². The molecule has 1 unspecified atom stereocenters. The quantitative estimate of drug-likeness (QED) is 0.901. The maximum absolute atomic E-state index is 13.8. The second kappa shape index (κ2) is 5.76. The number of thioether (sulfide) groups is 1. The molecule has 98 valence electrons. The van der Waals surface area contributed by atoms with Gasteiger partial charge in [0.15, 0.2) is 0 Å². The number of hydrogen-bond acceptors (Lipinski definition) is 2. The van der Waals surface area contributed by atoms with Crippen LogP contribution < -0.4 is 5.32 Å². The lowest BCUT2D eigenvalue weighted by molar-refractivity contribution is 0.496. The van der Waals surface area contributed by atoms with Crippen molar-refractivity contribution in [2.45, 2.75) is 23.9 Å². The van der Waals surface area contributed by atoms with E-state index in [1.165, 1.54) is 5.56 Å². The van der Waals surface area contributed by atoms with Crippen LogP contribution in [0, 0.1) is 5.82 Å². The lowest BCUT2D eigenvalue weighted by Gasteiger charge is -2.26. The van der Waals surface area contributed by atoms with E-state index in [0.717, 1.165) is 29.2 Å². The molecule has 3 heteroatoms. The fourth-order valence-corrected chi connectivity index (χ4v) is 3.58. The molecule has 1 aliphatic rings. The lowest BCUT2D eigenvalue weighted by Crippen LogP contribution is -2.24. The zero-order chi connectivity index (χ0) is 13.1. The van der Waals surface area contributed by atoms with Gasteiger partial charge in [0.25, 0.3) is 0 Å². The van der Waals surface area contributed by atoms with Crippen LogP contribution in [0.3, 0.4) is 0 Å². The molecule has 2 aromatic rings. The van der Waals surface area contributed by atoms with Crippen LogP contribution in [0.2, 0.25) is 0 Å². The fourth-order valence-electron chi connectivity index (χ4n) is 2.44. The maximum atomic E-state index is 13.8. The van der Waals surface area contributed by atoms with Crippen molar-refractivity contribution in [1.82, 2.24) is 5.32 Å². The smallest absolute Gasteiger partial charge is 0.137 e. The Kier molecular flexibility index (Phi) is 3.85. The van der Waals surface area contributed by atoms with E-state index in [0.29, 0.717) is 0 Å². The molecule has 0 amide bonds. The highest BCUT2D eigenvalue weighted by atomic mass is 32.2. The van der Waals surface area contributed by atoms with Gasteiger partial charge in [0.05, 0.1) is 0 Å². The van der Waals surface area contributed by atoms with Gasteiger partial charge in [-0.05, 0) is 29.4 Å². The molecule has 0 fully saturated rings. The number of benzene rings is 2. The van der Waals surface area contributed by atoms with Crippen molar-refractivity contribution < 1.29 is 4.39 Å². The van der Waals surface area contributed by atoms with Gasteiger partial charge < -0.3 is 5.32 Å². The monoisotopic (exact) mass is 273 g/mol. The van der Waals surface area contributed by atoms with E-state index in [2.05, 4.69) is 17.4 Å². The van der Waals surface area contributed by atoms with E-state index in [1.807, 2.05) is 24.3 Å². The molecule has 0 spiro atoms. The normalized spacial score (nSPS) is 18.1. The lowest BCUT2D eigenvalue weighted by atomic mass is 10.0. The van der Waals surface area contributed by atoms with Crippen LogP contribution in [-0.4, -0.2) is 5.75 Å². The minimum absolute atomic E-state index is 0.0892. The van der Waals surface area contributed by atoms with Gasteiger partial charge in [0.1, 0.15) is 5.82 Å². The van der Waals surface area contributed by atoms with Crippen LogP contribution in [0.4, 0.5) is 4.39 Å². The molecule has 0 saturated carbocycles. The maximum Gasteiger partial charge on any atom is 0.137 e. The van der Waals surface area contributed by atoms with Crippen molar-refractivity contribution in [3.05, 3.63) is 65.5 Å². The van der Waals surface area contributed by atoms with E-state index in [-0.39, 0.29) is 11.9 Å². The van der Waals surface area contributed by atoms with Crippen molar-refractivity contribution in [1.29, 1.82) is 0 Å². The van der Waals surface area contributed by atoms with Gasteiger partial charge in [0, 0.05) is 17.5 Å². The molecule has 0 bridgehead atoms. The molecule has 0 aliphatic carbocycles. The van der Waals surface area contributed by atoms with Gasteiger partial charge in [0.2, 0.25) is 0 Å². The van der Waals surface area contributed by atoms with Crippen molar-refractivity contribution in [3.8, 4) is 0 Å². The summed E-state index contributed by atoms with van der Waals surface area (Å²) in [5.74, 6) is 0.883. The SMILES string of the molecule is Fc1cccc2c1SCCC2NCc1ccccc1. The number of rotatable bonds is 3. The number of hydrogen-bond donors (Lipinski definition) is 1. The van der Waals surface area contributed by atoms with Crippen LogP contribution >= 0.6 is 11.8 Å². The minimum atomic E-state index is -0.0892. The molecule has 0 radical (unpaired) electrons. The molecular weight excluding hydrogens is 257 g/mol. The van der Waals surface area contributed by atoms with Crippen molar-refractivity contribution >= 4 is 11.8 Å². The zero-order valence-corrected chi connectivity index (χ0v) is 11.4. The Morgan fingerprint density at radius 1 is 1.11 bits per heavy atom. The fraction of sp³-hybridized carbons (Fsp3) is 0.250. The summed E-state index contributed by atoms with van der Waals surface area (Å²) in [5, 5.41) is 3.54. The third-order valence-electron chi connectivity index (χ3n) is 3.42. The molecule has 2 aromatic carbocycles. The summed E-state index contributed by atoms with van der Waals surface area (Å²) < 4.78 is 13.8. The second-order valence-corrected chi connectivity index (χ2v) is 5.82. The Morgan fingerprint density at radius 3 is 2.79 bits per heavy atom. The zero-order valence-electron chi connectivity index (χ0n) is 10.6. The average molecular weight is 273 g/mol.